The maximum absolute atomic E-state index is 11.6. The molecule has 104 valence electrons. The molecule has 1 aromatic carbocycles. The van der Waals surface area contributed by atoms with Gasteiger partial charge in [0.15, 0.2) is 9.84 Å². The fourth-order valence-electron chi connectivity index (χ4n) is 2.32. The Balaban J connectivity index is 2.09. The van der Waals surface area contributed by atoms with E-state index >= 15 is 0 Å². The number of aryl methyl sites for hydroxylation is 1. The molecule has 0 bridgehead atoms. The lowest BCUT2D eigenvalue weighted by molar-refractivity contribution is 0.504. The molecule has 2 rings (SSSR count). The lowest BCUT2D eigenvalue weighted by Gasteiger charge is -2.20. The number of sulfone groups is 1. The first-order chi connectivity index (χ1) is 8.97. The number of rotatable bonds is 4. The first-order valence-electron chi connectivity index (χ1n) is 6.66. The third-order valence-electron chi connectivity index (χ3n) is 3.60. The van der Waals surface area contributed by atoms with Crippen LogP contribution in [0.1, 0.15) is 24.8 Å². The highest BCUT2D eigenvalue weighted by Gasteiger charge is 2.12. The van der Waals surface area contributed by atoms with Gasteiger partial charge in [0, 0.05) is 18.5 Å². The maximum Gasteiger partial charge on any atom is 0.175 e. The minimum atomic E-state index is -3.14. The largest absolute Gasteiger partial charge is 0.385 e. The van der Waals surface area contributed by atoms with Gasteiger partial charge in [-0.05, 0) is 49.8 Å². The van der Waals surface area contributed by atoms with E-state index in [1.165, 1.54) is 12.7 Å². The van der Waals surface area contributed by atoms with Crippen LogP contribution in [0.3, 0.4) is 0 Å². The van der Waals surface area contributed by atoms with E-state index < -0.39 is 9.84 Å². The van der Waals surface area contributed by atoms with Crippen molar-refractivity contribution in [3.05, 3.63) is 35.9 Å². The van der Waals surface area contributed by atoms with Crippen molar-refractivity contribution in [2.75, 3.05) is 18.1 Å². The van der Waals surface area contributed by atoms with Crippen LogP contribution in [0.25, 0.3) is 0 Å². The molecule has 3 nitrogen and oxygen atoms in total. The highest BCUT2D eigenvalue weighted by atomic mass is 32.2. The number of nitrogens with one attached hydrogen (secondary N) is 1. The minimum Gasteiger partial charge on any atom is -0.385 e. The molecule has 0 fully saturated rings. The molecule has 0 aromatic heterocycles. The van der Waals surface area contributed by atoms with E-state index in [1.807, 2.05) is 13.0 Å². The molecule has 0 radical (unpaired) electrons. The summed E-state index contributed by atoms with van der Waals surface area (Å²) in [5.41, 5.74) is 2.01. The second-order valence-electron chi connectivity index (χ2n) is 5.28. The van der Waals surface area contributed by atoms with Crippen LogP contribution in [0.5, 0.6) is 0 Å². The Morgan fingerprint density at radius 3 is 2.74 bits per heavy atom. The predicted molar refractivity (Wildman–Crippen MR) is 79.3 cm³/mol. The van der Waals surface area contributed by atoms with Gasteiger partial charge >= 0.3 is 0 Å². The summed E-state index contributed by atoms with van der Waals surface area (Å²) in [6, 6.07) is 5.27. The van der Waals surface area contributed by atoms with Gasteiger partial charge in [-0.1, -0.05) is 18.2 Å². The van der Waals surface area contributed by atoms with E-state index in [9.17, 15) is 8.42 Å². The van der Waals surface area contributed by atoms with Gasteiger partial charge in [-0.3, -0.25) is 0 Å². The topological polar surface area (TPSA) is 46.2 Å². The van der Waals surface area contributed by atoms with Gasteiger partial charge in [-0.15, -0.1) is 0 Å². The van der Waals surface area contributed by atoms with Gasteiger partial charge in [0.05, 0.1) is 4.90 Å². The molecule has 1 atom stereocenters. The Hall–Kier alpha value is -1.29. The monoisotopic (exact) mass is 279 g/mol. The number of hydrogen-bond acceptors (Lipinski definition) is 3. The average Bonchev–Trinajstić information content (AvgIpc) is 2.37. The molecule has 0 saturated heterocycles. The third-order valence-corrected chi connectivity index (χ3v) is 4.71. The van der Waals surface area contributed by atoms with E-state index in [2.05, 4.69) is 17.5 Å². The van der Waals surface area contributed by atoms with Crippen molar-refractivity contribution < 1.29 is 8.42 Å². The molecular weight excluding hydrogens is 258 g/mol. The van der Waals surface area contributed by atoms with Crippen molar-refractivity contribution in [1.29, 1.82) is 0 Å². The minimum absolute atomic E-state index is 0.379. The number of benzene rings is 1. The molecule has 1 N–H and O–H groups in total. The van der Waals surface area contributed by atoms with Gasteiger partial charge in [0.25, 0.3) is 0 Å². The summed E-state index contributed by atoms with van der Waals surface area (Å²) >= 11 is 0. The molecular formula is C15H21NO2S. The van der Waals surface area contributed by atoms with Crippen LogP contribution in [-0.4, -0.2) is 21.2 Å². The predicted octanol–water partition coefficient (Wildman–Crippen LogP) is 3.17. The van der Waals surface area contributed by atoms with E-state index in [4.69, 9.17) is 0 Å². The molecule has 1 aliphatic rings. The van der Waals surface area contributed by atoms with Crippen molar-refractivity contribution in [3.8, 4) is 0 Å². The quantitative estimate of drug-likeness (QED) is 0.861. The van der Waals surface area contributed by atoms with Crippen molar-refractivity contribution in [3.63, 3.8) is 0 Å². The van der Waals surface area contributed by atoms with Crippen molar-refractivity contribution >= 4 is 15.5 Å². The summed E-state index contributed by atoms with van der Waals surface area (Å²) in [5, 5.41) is 3.40. The summed E-state index contributed by atoms with van der Waals surface area (Å²) < 4.78 is 23.1. The molecule has 1 aromatic rings. The smallest absolute Gasteiger partial charge is 0.175 e. The summed E-state index contributed by atoms with van der Waals surface area (Å²) in [6.45, 7) is 2.90. The first kappa shape index (κ1) is 14.1. The fraction of sp³-hybridized carbons (Fsp3) is 0.467. The van der Waals surface area contributed by atoms with Crippen molar-refractivity contribution in [1.82, 2.24) is 0 Å². The molecule has 0 heterocycles. The molecule has 1 unspecified atom stereocenters. The Morgan fingerprint density at radius 2 is 2.11 bits per heavy atom. The fourth-order valence-corrected chi connectivity index (χ4v) is 2.97. The first-order valence-corrected chi connectivity index (χ1v) is 8.55. The average molecular weight is 279 g/mol. The van der Waals surface area contributed by atoms with E-state index in [0.29, 0.717) is 10.8 Å². The maximum atomic E-state index is 11.6. The summed E-state index contributed by atoms with van der Waals surface area (Å²) in [5.74, 6) is 0.645. The summed E-state index contributed by atoms with van der Waals surface area (Å²) in [6.07, 6.45) is 9.16. The Labute approximate surface area is 115 Å². The Morgan fingerprint density at radius 1 is 1.32 bits per heavy atom. The van der Waals surface area contributed by atoms with Crippen LogP contribution < -0.4 is 5.32 Å². The lowest BCUT2D eigenvalue weighted by Crippen LogP contribution is -2.16. The molecule has 0 amide bonds. The van der Waals surface area contributed by atoms with Crippen molar-refractivity contribution in [2.45, 2.75) is 31.1 Å². The van der Waals surface area contributed by atoms with Crippen LogP contribution >= 0.6 is 0 Å². The molecule has 0 saturated carbocycles. The van der Waals surface area contributed by atoms with E-state index in [0.717, 1.165) is 30.6 Å². The number of hydrogen-bond donors (Lipinski definition) is 1. The van der Waals surface area contributed by atoms with Crippen LogP contribution in [0, 0.1) is 12.8 Å². The lowest BCUT2D eigenvalue weighted by atomic mass is 9.94. The number of allylic oxidation sites excluding steroid dienone is 2. The molecule has 1 aliphatic carbocycles. The normalized spacial score (nSPS) is 19.4. The van der Waals surface area contributed by atoms with Crippen LogP contribution in [0.15, 0.2) is 35.2 Å². The third kappa shape index (κ3) is 3.83. The second kappa shape index (κ2) is 5.78. The van der Waals surface area contributed by atoms with Gasteiger partial charge in [-0.2, -0.15) is 0 Å². The van der Waals surface area contributed by atoms with Crippen molar-refractivity contribution in [2.24, 2.45) is 5.92 Å². The molecule has 19 heavy (non-hydrogen) atoms. The molecule has 0 aliphatic heterocycles. The van der Waals surface area contributed by atoms with Gasteiger partial charge < -0.3 is 5.32 Å². The highest BCUT2D eigenvalue weighted by molar-refractivity contribution is 7.90. The zero-order valence-electron chi connectivity index (χ0n) is 11.5. The second-order valence-corrected chi connectivity index (χ2v) is 7.30. The standard InChI is InChI=1S/C15H21NO2S/c1-12-8-9-14(19(2,17)18)10-15(12)16-11-13-6-4-3-5-7-13/h3-4,8-10,13,16H,5-7,11H2,1-2H3. The molecule has 4 heteroatoms. The Kier molecular flexibility index (Phi) is 4.30. The Bertz CT molecular complexity index is 576. The number of anilines is 1. The highest BCUT2D eigenvalue weighted by Crippen LogP contribution is 2.23. The summed E-state index contributed by atoms with van der Waals surface area (Å²) in [7, 11) is -3.14. The van der Waals surface area contributed by atoms with Crippen LogP contribution in [0.4, 0.5) is 5.69 Å². The van der Waals surface area contributed by atoms with Gasteiger partial charge in [-0.25, -0.2) is 8.42 Å². The zero-order chi connectivity index (χ0) is 13.9. The van der Waals surface area contributed by atoms with E-state index in [1.54, 1.807) is 12.1 Å². The SMILES string of the molecule is Cc1ccc(S(C)(=O)=O)cc1NCC1CC=CCC1. The van der Waals surface area contributed by atoms with Gasteiger partial charge in [0.2, 0.25) is 0 Å². The zero-order valence-corrected chi connectivity index (χ0v) is 12.3. The summed E-state index contributed by atoms with van der Waals surface area (Å²) in [4.78, 5) is 0.379. The van der Waals surface area contributed by atoms with Gasteiger partial charge in [0.1, 0.15) is 0 Å². The van der Waals surface area contributed by atoms with Crippen LogP contribution in [-0.2, 0) is 9.84 Å². The van der Waals surface area contributed by atoms with Crippen LogP contribution in [0.2, 0.25) is 0 Å². The van der Waals surface area contributed by atoms with E-state index in [-0.39, 0.29) is 0 Å². The molecule has 0 spiro atoms.